The van der Waals surface area contributed by atoms with Crippen molar-refractivity contribution >= 4 is 23.3 Å². The van der Waals surface area contributed by atoms with E-state index in [4.69, 9.17) is 16.3 Å². The summed E-state index contributed by atoms with van der Waals surface area (Å²) in [5, 5.41) is 5.28. The van der Waals surface area contributed by atoms with Gasteiger partial charge >= 0.3 is 6.03 Å². The van der Waals surface area contributed by atoms with Crippen LogP contribution in [0.15, 0.2) is 36.4 Å². The zero-order valence-corrected chi connectivity index (χ0v) is 14.3. The predicted molar refractivity (Wildman–Crippen MR) is 93.3 cm³/mol. The number of nitrogens with one attached hydrogen (secondary N) is 2. The third kappa shape index (κ3) is 2.32. The van der Waals surface area contributed by atoms with Crippen LogP contribution in [0, 0.1) is 13.8 Å². The normalized spacial score (nSPS) is 22.3. The van der Waals surface area contributed by atoms with E-state index in [1.165, 1.54) is 5.01 Å². The van der Waals surface area contributed by atoms with Gasteiger partial charge in [-0.05, 0) is 55.3 Å². The lowest BCUT2D eigenvalue weighted by Crippen LogP contribution is -2.51. The molecule has 1 fully saturated rings. The Morgan fingerprint density at radius 2 is 1.96 bits per heavy atom. The molecule has 1 unspecified atom stereocenters. The van der Waals surface area contributed by atoms with Gasteiger partial charge in [0.05, 0.1) is 12.3 Å². The molecule has 0 saturated carbocycles. The lowest BCUT2D eigenvalue weighted by Gasteiger charge is -2.36. The number of halogens is 1. The molecule has 1 atom stereocenters. The third-order valence-electron chi connectivity index (χ3n) is 4.52. The van der Waals surface area contributed by atoms with Gasteiger partial charge in [-0.3, -0.25) is 0 Å². The van der Waals surface area contributed by atoms with E-state index in [1.54, 1.807) is 12.1 Å². The first-order valence-corrected chi connectivity index (χ1v) is 8.26. The summed E-state index contributed by atoms with van der Waals surface area (Å²) < 4.78 is 5.84. The number of ether oxygens (including phenoxy) is 1. The molecule has 2 amide bonds. The number of amides is 2. The fraction of sp³-hybridized carbons (Fsp3) is 0.278. The highest BCUT2D eigenvalue weighted by molar-refractivity contribution is 6.30. The van der Waals surface area contributed by atoms with Crippen molar-refractivity contribution in [3.05, 3.63) is 58.1 Å². The van der Waals surface area contributed by atoms with Crippen LogP contribution in [0.5, 0.6) is 5.75 Å². The second-order valence-electron chi connectivity index (χ2n) is 6.31. The Morgan fingerprint density at radius 1 is 1.21 bits per heavy atom. The molecule has 0 aromatic heterocycles. The molecular formula is C18H18ClN3O2. The number of rotatable bonds is 1. The molecule has 1 spiro atoms. The van der Waals surface area contributed by atoms with Crippen LogP contribution < -0.4 is 20.5 Å². The lowest BCUT2D eigenvalue weighted by molar-refractivity contribution is 0.181. The van der Waals surface area contributed by atoms with E-state index in [0.717, 1.165) is 28.1 Å². The Morgan fingerprint density at radius 3 is 2.71 bits per heavy atom. The number of hydrazine groups is 1. The van der Waals surface area contributed by atoms with Crippen LogP contribution in [0.2, 0.25) is 5.02 Å². The minimum Gasteiger partial charge on any atom is -0.493 e. The average Bonchev–Trinajstić information content (AvgIpc) is 2.84. The average molecular weight is 344 g/mol. The summed E-state index contributed by atoms with van der Waals surface area (Å²) in [4.78, 5) is 12.6. The molecule has 5 nitrogen and oxygen atoms in total. The maximum Gasteiger partial charge on any atom is 0.338 e. The van der Waals surface area contributed by atoms with Gasteiger partial charge in [0, 0.05) is 17.0 Å². The van der Waals surface area contributed by atoms with Gasteiger partial charge in [0.15, 0.2) is 0 Å². The van der Waals surface area contributed by atoms with Gasteiger partial charge in [-0.15, -0.1) is 0 Å². The summed E-state index contributed by atoms with van der Waals surface area (Å²) in [6.45, 7) is 4.62. The van der Waals surface area contributed by atoms with Gasteiger partial charge < -0.3 is 10.1 Å². The summed E-state index contributed by atoms with van der Waals surface area (Å²) in [7, 11) is 0. The van der Waals surface area contributed by atoms with Gasteiger partial charge in [0.25, 0.3) is 0 Å². The van der Waals surface area contributed by atoms with Gasteiger partial charge in [-0.1, -0.05) is 17.7 Å². The largest absolute Gasteiger partial charge is 0.493 e. The molecule has 6 heteroatoms. The molecule has 24 heavy (non-hydrogen) atoms. The van der Waals surface area contributed by atoms with E-state index in [9.17, 15) is 4.79 Å². The molecule has 2 aliphatic rings. The maximum atomic E-state index is 12.6. The van der Waals surface area contributed by atoms with Gasteiger partial charge in [0.1, 0.15) is 11.4 Å². The minimum absolute atomic E-state index is 0.190. The SMILES string of the molecule is Cc1cc(C)c2c(c1)OCCC21NC(=O)N(c2ccc(Cl)cc2)N1. The van der Waals surface area contributed by atoms with Crippen LogP contribution in [-0.4, -0.2) is 12.6 Å². The van der Waals surface area contributed by atoms with Crippen molar-refractivity contribution in [1.29, 1.82) is 0 Å². The monoisotopic (exact) mass is 343 g/mol. The Bertz CT molecular complexity index is 822. The van der Waals surface area contributed by atoms with Crippen molar-refractivity contribution in [3.8, 4) is 5.75 Å². The molecule has 0 bridgehead atoms. The fourth-order valence-electron chi connectivity index (χ4n) is 3.55. The Balaban J connectivity index is 1.76. The Kier molecular flexibility index (Phi) is 3.44. The van der Waals surface area contributed by atoms with E-state index in [0.29, 0.717) is 18.1 Å². The molecular weight excluding hydrogens is 326 g/mol. The summed E-state index contributed by atoms with van der Waals surface area (Å²) in [5.41, 5.74) is 6.67. The quantitative estimate of drug-likeness (QED) is 0.831. The number of aryl methyl sites for hydroxylation is 2. The number of anilines is 1. The zero-order valence-electron chi connectivity index (χ0n) is 13.5. The second kappa shape index (κ2) is 5.40. The number of nitrogens with zero attached hydrogens (tertiary/aromatic N) is 1. The van der Waals surface area contributed by atoms with Gasteiger partial charge in [-0.2, -0.15) is 5.43 Å². The molecule has 2 aliphatic heterocycles. The fourth-order valence-corrected chi connectivity index (χ4v) is 3.67. The van der Waals surface area contributed by atoms with Crippen molar-refractivity contribution in [2.45, 2.75) is 25.9 Å². The molecule has 2 heterocycles. The van der Waals surface area contributed by atoms with E-state index in [2.05, 4.69) is 16.8 Å². The molecule has 0 aliphatic carbocycles. The lowest BCUT2D eigenvalue weighted by atomic mass is 9.89. The molecule has 124 valence electrons. The van der Waals surface area contributed by atoms with Crippen LogP contribution >= 0.6 is 11.6 Å². The molecule has 0 radical (unpaired) electrons. The Labute approximate surface area is 145 Å². The van der Waals surface area contributed by atoms with Crippen molar-refractivity contribution in [2.24, 2.45) is 0 Å². The van der Waals surface area contributed by atoms with E-state index < -0.39 is 5.66 Å². The van der Waals surface area contributed by atoms with Gasteiger partial charge in [0.2, 0.25) is 0 Å². The van der Waals surface area contributed by atoms with Crippen LogP contribution in [-0.2, 0) is 5.66 Å². The van der Waals surface area contributed by atoms with Crippen molar-refractivity contribution in [3.63, 3.8) is 0 Å². The van der Waals surface area contributed by atoms with E-state index in [1.807, 2.05) is 32.0 Å². The number of benzene rings is 2. The summed E-state index contributed by atoms with van der Waals surface area (Å²) in [6.07, 6.45) is 0.653. The van der Waals surface area contributed by atoms with Crippen molar-refractivity contribution < 1.29 is 9.53 Å². The molecule has 2 N–H and O–H groups in total. The topological polar surface area (TPSA) is 53.6 Å². The summed E-state index contributed by atoms with van der Waals surface area (Å²) in [6, 6.07) is 11.1. The van der Waals surface area contributed by atoms with E-state index >= 15 is 0 Å². The third-order valence-corrected chi connectivity index (χ3v) is 4.77. The summed E-state index contributed by atoms with van der Waals surface area (Å²) >= 11 is 5.94. The summed E-state index contributed by atoms with van der Waals surface area (Å²) in [5.74, 6) is 0.824. The molecule has 4 rings (SSSR count). The molecule has 1 saturated heterocycles. The number of urea groups is 1. The highest BCUT2D eigenvalue weighted by atomic mass is 35.5. The highest BCUT2D eigenvalue weighted by Crippen LogP contribution is 2.41. The number of fused-ring (bicyclic) bond motifs is 2. The smallest absolute Gasteiger partial charge is 0.338 e. The number of carbonyl (C=O) groups excluding carboxylic acids is 1. The Hall–Kier alpha value is -2.24. The van der Waals surface area contributed by atoms with Crippen LogP contribution in [0.25, 0.3) is 0 Å². The maximum absolute atomic E-state index is 12.6. The standard InChI is InChI=1S/C18H18ClN3O2/c1-11-9-12(2)16-15(10-11)24-8-7-18(16)20-17(23)22(21-18)14-5-3-13(19)4-6-14/h3-6,9-10,21H,7-8H2,1-2H3,(H,20,23). The first-order chi connectivity index (χ1) is 11.5. The van der Waals surface area contributed by atoms with Crippen molar-refractivity contribution in [2.75, 3.05) is 11.6 Å². The van der Waals surface area contributed by atoms with Gasteiger partial charge in [-0.25, -0.2) is 9.80 Å². The van der Waals surface area contributed by atoms with Crippen LogP contribution in [0.1, 0.15) is 23.1 Å². The second-order valence-corrected chi connectivity index (χ2v) is 6.75. The highest BCUT2D eigenvalue weighted by Gasteiger charge is 2.48. The van der Waals surface area contributed by atoms with E-state index in [-0.39, 0.29) is 6.03 Å². The first-order valence-electron chi connectivity index (χ1n) is 7.89. The zero-order chi connectivity index (χ0) is 16.9. The van der Waals surface area contributed by atoms with Crippen molar-refractivity contribution in [1.82, 2.24) is 10.7 Å². The van der Waals surface area contributed by atoms with Crippen LogP contribution in [0.4, 0.5) is 10.5 Å². The minimum atomic E-state index is -0.651. The first kappa shape index (κ1) is 15.3. The number of hydrogen-bond acceptors (Lipinski definition) is 3. The predicted octanol–water partition coefficient (Wildman–Crippen LogP) is 3.63. The molecule has 2 aromatic rings. The number of hydrogen-bond donors (Lipinski definition) is 2. The number of carbonyl (C=O) groups is 1. The molecule has 2 aromatic carbocycles. The van der Waals surface area contributed by atoms with Crippen LogP contribution in [0.3, 0.4) is 0 Å².